The maximum atomic E-state index is 12.2. The van der Waals surface area contributed by atoms with Gasteiger partial charge < -0.3 is 0 Å². The fraction of sp³-hybridized carbons (Fsp3) is 0.571. The summed E-state index contributed by atoms with van der Waals surface area (Å²) in [5.74, 6) is -2.31. The SMILES string of the molecule is CCN(Cc1ccc(SC(F)F)cc1)C(C)CS(C)(=O)=O. The molecule has 3 nitrogen and oxygen atoms in total. The molecule has 0 aromatic heterocycles. The van der Waals surface area contributed by atoms with Crippen molar-refractivity contribution in [2.75, 3.05) is 18.6 Å². The first-order chi connectivity index (χ1) is 9.71. The van der Waals surface area contributed by atoms with Crippen molar-refractivity contribution in [3.05, 3.63) is 29.8 Å². The van der Waals surface area contributed by atoms with Gasteiger partial charge >= 0.3 is 0 Å². The van der Waals surface area contributed by atoms with Gasteiger partial charge in [0.15, 0.2) is 0 Å². The van der Waals surface area contributed by atoms with Crippen LogP contribution in [0.3, 0.4) is 0 Å². The number of benzene rings is 1. The topological polar surface area (TPSA) is 37.4 Å². The molecule has 1 rings (SSSR count). The minimum Gasteiger partial charge on any atom is -0.296 e. The van der Waals surface area contributed by atoms with Crippen LogP contribution in [0, 0.1) is 0 Å². The summed E-state index contributed by atoms with van der Waals surface area (Å²) in [7, 11) is -3.02. The second kappa shape index (κ2) is 8.10. The highest BCUT2D eigenvalue weighted by molar-refractivity contribution is 7.99. The standard InChI is InChI=1S/C14H21F2NO2S2/c1-4-17(11(2)10-21(3,18)19)9-12-5-7-13(8-6-12)20-14(15)16/h5-8,11,14H,4,9-10H2,1-3H3. The molecule has 0 aliphatic rings. The quantitative estimate of drug-likeness (QED) is 0.683. The molecular formula is C14H21F2NO2S2. The third-order valence-corrected chi connectivity index (χ3v) is 4.92. The van der Waals surface area contributed by atoms with Gasteiger partial charge in [0.1, 0.15) is 9.84 Å². The van der Waals surface area contributed by atoms with Crippen LogP contribution in [0.15, 0.2) is 29.2 Å². The van der Waals surface area contributed by atoms with Crippen LogP contribution < -0.4 is 0 Å². The largest absolute Gasteiger partial charge is 0.296 e. The van der Waals surface area contributed by atoms with Gasteiger partial charge in [0, 0.05) is 23.7 Å². The minimum absolute atomic E-state index is 0.0832. The van der Waals surface area contributed by atoms with E-state index in [-0.39, 0.29) is 11.8 Å². The van der Waals surface area contributed by atoms with Gasteiger partial charge in [0.25, 0.3) is 5.76 Å². The van der Waals surface area contributed by atoms with E-state index < -0.39 is 15.6 Å². The highest BCUT2D eigenvalue weighted by Gasteiger charge is 2.17. The van der Waals surface area contributed by atoms with E-state index in [1.54, 1.807) is 24.3 Å². The van der Waals surface area contributed by atoms with Crippen molar-refractivity contribution in [1.82, 2.24) is 4.90 Å². The Morgan fingerprint density at radius 1 is 1.24 bits per heavy atom. The predicted molar refractivity (Wildman–Crippen MR) is 83.6 cm³/mol. The monoisotopic (exact) mass is 337 g/mol. The lowest BCUT2D eigenvalue weighted by Gasteiger charge is -2.27. The molecule has 1 aromatic rings. The number of sulfone groups is 1. The molecule has 0 aliphatic carbocycles. The number of nitrogens with zero attached hydrogens (tertiary/aromatic N) is 1. The van der Waals surface area contributed by atoms with Gasteiger partial charge in [-0.3, -0.25) is 4.90 Å². The lowest BCUT2D eigenvalue weighted by Crippen LogP contribution is -2.37. The first-order valence-electron chi connectivity index (χ1n) is 6.66. The predicted octanol–water partition coefficient (Wildman–Crippen LogP) is 3.26. The van der Waals surface area contributed by atoms with E-state index in [0.717, 1.165) is 12.1 Å². The molecule has 0 amide bonds. The van der Waals surface area contributed by atoms with Crippen molar-refractivity contribution in [3.63, 3.8) is 0 Å². The first-order valence-corrected chi connectivity index (χ1v) is 9.60. The molecule has 0 saturated carbocycles. The number of rotatable bonds is 8. The maximum Gasteiger partial charge on any atom is 0.288 e. The fourth-order valence-corrected chi connectivity index (χ4v) is 3.72. The summed E-state index contributed by atoms with van der Waals surface area (Å²) in [6.07, 6.45) is 1.23. The molecule has 0 aliphatic heterocycles. The van der Waals surface area contributed by atoms with Crippen LogP contribution in [0.5, 0.6) is 0 Å². The van der Waals surface area contributed by atoms with Gasteiger partial charge in [-0.05, 0) is 31.2 Å². The summed E-state index contributed by atoms with van der Waals surface area (Å²) in [6.45, 7) is 5.18. The van der Waals surface area contributed by atoms with Gasteiger partial charge in [0.2, 0.25) is 0 Å². The van der Waals surface area contributed by atoms with E-state index in [0.29, 0.717) is 23.2 Å². The summed E-state index contributed by atoms with van der Waals surface area (Å²) in [5, 5.41) is 0. The molecular weight excluding hydrogens is 316 g/mol. The average Bonchev–Trinajstić information content (AvgIpc) is 2.35. The average molecular weight is 337 g/mol. The zero-order chi connectivity index (χ0) is 16.0. The summed E-state index contributed by atoms with van der Waals surface area (Å²) in [5.41, 5.74) is 0.982. The Balaban J connectivity index is 2.68. The summed E-state index contributed by atoms with van der Waals surface area (Å²) >= 11 is 0.520. The molecule has 0 fully saturated rings. The fourth-order valence-electron chi connectivity index (χ4n) is 2.13. The van der Waals surface area contributed by atoms with Crippen LogP contribution in [-0.2, 0) is 16.4 Å². The Morgan fingerprint density at radius 3 is 2.24 bits per heavy atom. The molecule has 0 bridgehead atoms. The number of halogens is 2. The lowest BCUT2D eigenvalue weighted by atomic mass is 10.2. The van der Waals surface area contributed by atoms with Crippen LogP contribution in [-0.4, -0.2) is 43.7 Å². The number of alkyl halides is 2. The van der Waals surface area contributed by atoms with Gasteiger partial charge in [-0.25, -0.2) is 8.42 Å². The van der Waals surface area contributed by atoms with Crippen molar-refractivity contribution < 1.29 is 17.2 Å². The van der Waals surface area contributed by atoms with Gasteiger partial charge in [0.05, 0.1) is 5.75 Å². The van der Waals surface area contributed by atoms with Crippen LogP contribution >= 0.6 is 11.8 Å². The zero-order valence-electron chi connectivity index (χ0n) is 12.4. The second-order valence-corrected chi connectivity index (χ2v) is 8.28. The highest BCUT2D eigenvalue weighted by atomic mass is 32.2. The van der Waals surface area contributed by atoms with Crippen molar-refractivity contribution >= 4 is 21.6 Å². The minimum atomic E-state index is -3.02. The third kappa shape index (κ3) is 7.24. The Kier molecular flexibility index (Phi) is 7.09. The van der Waals surface area contributed by atoms with Gasteiger partial charge in [-0.2, -0.15) is 8.78 Å². The number of hydrogen-bond donors (Lipinski definition) is 0. The lowest BCUT2D eigenvalue weighted by molar-refractivity contribution is 0.226. The van der Waals surface area contributed by atoms with Crippen LogP contribution in [0.1, 0.15) is 19.4 Å². The molecule has 0 N–H and O–H groups in total. The molecule has 1 aromatic carbocycles. The van der Waals surface area contributed by atoms with Crippen molar-refractivity contribution in [3.8, 4) is 0 Å². The Hall–Kier alpha value is -0.660. The smallest absolute Gasteiger partial charge is 0.288 e. The molecule has 0 heterocycles. The summed E-state index contributed by atoms with van der Waals surface area (Å²) in [4.78, 5) is 2.58. The van der Waals surface area contributed by atoms with E-state index >= 15 is 0 Å². The molecule has 1 atom stereocenters. The van der Waals surface area contributed by atoms with Crippen molar-refractivity contribution in [1.29, 1.82) is 0 Å². The van der Waals surface area contributed by atoms with Crippen molar-refractivity contribution in [2.24, 2.45) is 0 Å². The van der Waals surface area contributed by atoms with E-state index in [4.69, 9.17) is 0 Å². The molecule has 0 radical (unpaired) electrons. The Bertz CT molecular complexity index is 532. The van der Waals surface area contributed by atoms with E-state index in [9.17, 15) is 17.2 Å². The van der Waals surface area contributed by atoms with Gasteiger partial charge in [-0.15, -0.1) is 0 Å². The van der Waals surface area contributed by atoms with Crippen molar-refractivity contribution in [2.45, 2.75) is 37.1 Å². The normalized spacial score (nSPS) is 13.9. The summed E-state index contributed by atoms with van der Waals surface area (Å²) in [6, 6.07) is 6.86. The summed E-state index contributed by atoms with van der Waals surface area (Å²) < 4.78 is 47.2. The van der Waals surface area contributed by atoms with Crippen LogP contribution in [0.2, 0.25) is 0 Å². The zero-order valence-corrected chi connectivity index (χ0v) is 14.1. The second-order valence-electron chi connectivity index (χ2n) is 5.03. The Labute approximate surface area is 129 Å². The first kappa shape index (κ1) is 18.4. The third-order valence-electron chi connectivity index (χ3n) is 3.11. The Morgan fingerprint density at radius 2 is 1.81 bits per heavy atom. The molecule has 21 heavy (non-hydrogen) atoms. The molecule has 0 spiro atoms. The number of hydrogen-bond acceptors (Lipinski definition) is 4. The van der Waals surface area contributed by atoms with Crippen LogP contribution in [0.25, 0.3) is 0 Å². The van der Waals surface area contributed by atoms with Gasteiger partial charge in [-0.1, -0.05) is 30.8 Å². The molecule has 0 saturated heterocycles. The molecule has 120 valence electrons. The highest BCUT2D eigenvalue weighted by Crippen LogP contribution is 2.25. The van der Waals surface area contributed by atoms with Crippen LogP contribution in [0.4, 0.5) is 8.78 Å². The van der Waals surface area contributed by atoms with E-state index in [2.05, 4.69) is 4.90 Å². The molecule has 7 heteroatoms. The maximum absolute atomic E-state index is 12.2. The van der Waals surface area contributed by atoms with E-state index in [1.807, 2.05) is 13.8 Å². The number of thioether (sulfide) groups is 1. The van der Waals surface area contributed by atoms with E-state index in [1.165, 1.54) is 6.26 Å². The molecule has 1 unspecified atom stereocenters.